The van der Waals surface area contributed by atoms with Crippen molar-refractivity contribution in [1.29, 1.82) is 0 Å². The maximum Gasteiger partial charge on any atom is 0.408 e. The van der Waals surface area contributed by atoms with Gasteiger partial charge in [-0.3, -0.25) is 0 Å². The van der Waals surface area contributed by atoms with Gasteiger partial charge in [-0.25, -0.2) is 9.59 Å². The summed E-state index contributed by atoms with van der Waals surface area (Å²) in [4.78, 5) is 21.9. The summed E-state index contributed by atoms with van der Waals surface area (Å²) < 4.78 is 4.92. The third kappa shape index (κ3) is 4.75. The van der Waals surface area contributed by atoms with E-state index < -0.39 is 18.1 Å². The molecule has 1 rings (SSSR count). The van der Waals surface area contributed by atoms with Crippen molar-refractivity contribution in [1.82, 2.24) is 5.32 Å². The number of carboxylic acid groups (broad SMARTS) is 1. The number of alkyl carbamates (subject to hydrolysis) is 1. The van der Waals surface area contributed by atoms with Crippen LogP contribution in [0.25, 0.3) is 0 Å². The van der Waals surface area contributed by atoms with Gasteiger partial charge >= 0.3 is 12.1 Å². The Hall–Kier alpha value is -1.56. The van der Waals surface area contributed by atoms with Crippen LogP contribution in [0.15, 0.2) is 30.3 Å². The van der Waals surface area contributed by atoms with Crippen molar-refractivity contribution in [3.05, 3.63) is 35.9 Å². The first-order valence-electron chi connectivity index (χ1n) is 5.35. The molecule has 0 unspecified atom stereocenters. The van der Waals surface area contributed by atoms with E-state index in [1.54, 1.807) is 6.92 Å². The second kappa shape index (κ2) is 7.00. The fraction of sp³-hybridized carbons (Fsp3) is 0.333. The molecule has 98 valence electrons. The minimum absolute atomic E-state index is 0.107. The lowest BCUT2D eigenvalue weighted by Crippen LogP contribution is -2.45. The second-order valence-electron chi connectivity index (χ2n) is 3.70. The lowest BCUT2D eigenvalue weighted by Gasteiger charge is -2.16. The van der Waals surface area contributed by atoms with Crippen molar-refractivity contribution in [3.63, 3.8) is 0 Å². The fourth-order valence-electron chi connectivity index (χ4n) is 1.26. The highest BCUT2D eigenvalue weighted by atomic mass is 79.9. The monoisotopic (exact) mass is 315 g/mol. The summed E-state index contributed by atoms with van der Waals surface area (Å²) in [5, 5.41) is 11.2. The highest BCUT2D eigenvalue weighted by molar-refractivity contribution is 9.09. The minimum atomic E-state index is -1.11. The molecular weight excluding hydrogens is 302 g/mol. The van der Waals surface area contributed by atoms with Crippen LogP contribution in [0, 0.1) is 0 Å². The van der Waals surface area contributed by atoms with Crippen LogP contribution in [0.4, 0.5) is 4.79 Å². The molecule has 0 aliphatic carbocycles. The van der Waals surface area contributed by atoms with Gasteiger partial charge in [-0.2, -0.15) is 0 Å². The lowest BCUT2D eigenvalue weighted by atomic mass is 10.2. The smallest absolute Gasteiger partial charge is 0.408 e. The molecule has 2 atom stereocenters. The third-order valence-corrected chi connectivity index (χ3v) is 2.74. The zero-order valence-electron chi connectivity index (χ0n) is 9.80. The lowest BCUT2D eigenvalue weighted by molar-refractivity contribution is -0.139. The van der Waals surface area contributed by atoms with Gasteiger partial charge in [0.05, 0.1) is 0 Å². The number of amides is 1. The number of carbonyl (C=O) groups is 2. The topological polar surface area (TPSA) is 75.6 Å². The molecular formula is C12H14BrNO4. The average Bonchev–Trinajstić information content (AvgIpc) is 2.34. The number of aliphatic carboxylic acids is 1. The van der Waals surface area contributed by atoms with Crippen molar-refractivity contribution in [2.75, 3.05) is 0 Å². The number of hydrogen-bond donors (Lipinski definition) is 2. The summed E-state index contributed by atoms with van der Waals surface area (Å²) in [6, 6.07) is 8.13. The van der Waals surface area contributed by atoms with E-state index in [0.717, 1.165) is 5.56 Å². The molecule has 0 saturated carbocycles. The molecule has 0 aliphatic rings. The van der Waals surface area contributed by atoms with Gasteiger partial charge in [0, 0.05) is 4.83 Å². The van der Waals surface area contributed by atoms with Gasteiger partial charge in [-0.15, -0.1) is 0 Å². The highest BCUT2D eigenvalue weighted by Crippen LogP contribution is 2.06. The maximum absolute atomic E-state index is 11.4. The van der Waals surface area contributed by atoms with E-state index >= 15 is 0 Å². The first-order chi connectivity index (χ1) is 8.50. The quantitative estimate of drug-likeness (QED) is 0.816. The molecule has 0 saturated heterocycles. The SMILES string of the molecule is C[C@@H](Br)[C@H](NC(=O)OCc1ccccc1)C(=O)O. The number of benzene rings is 1. The van der Waals surface area contributed by atoms with Crippen LogP contribution in [-0.2, 0) is 16.1 Å². The van der Waals surface area contributed by atoms with E-state index in [1.807, 2.05) is 30.3 Å². The van der Waals surface area contributed by atoms with Gasteiger partial charge in [-0.1, -0.05) is 53.2 Å². The van der Waals surface area contributed by atoms with Crippen LogP contribution >= 0.6 is 15.9 Å². The van der Waals surface area contributed by atoms with Crippen LogP contribution < -0.4 is 5.32 Å². The number of hydrogen-bond acceptors (Lipinski definition) is 3. The minimum Gasteiger partial charge on any atom is -0.480 e. The first kappa shape index (κ1) is 14.5. The van der Waals surface area contributed by atoms with Gasteiger partial charge in [0.15, 0.2) is 0 Å². The molecule has 0 bridgehead atoms. The van der Waals surface area contributed by atoms with Crippen LogP contribution in [0.5, 0.6) is 0 Å². The molecule has 0 spiro atoms. The molecule has 0 aliphatic heterocycles. The van der Waals surface area contributed by atoms with Crippen LogP contribution in [-0.4, -0.2) is 28.0 Å². The van der Waals surface area contributed by atoms with Crippen molar-refractivity contribution in [3.8, 4) is 0 Å². The standard InChI is InChI=1S/C12H14BrNO4/c1-8(13)10(11(15)16)14-12(17)18-7-9-5-3-2-4-6-9/h2-6,8,10H,7H2,1H3,(H,14,17)(H,15,16)/t8-,10+/m1/s1. The second-order valence-corrected chi connectivity index (χ2v) is 5.14. The number of alkyl halides is 1. The molecule has 0 aromatic heterocycles. The Morgan fingerprint density at radius 2 is 2.00 bits per heavy atom. The van der Waals surface area contributed by atoms with E-state index in [-0.39, 0.29) is 11.4 Å². The predicted molar refractivity (Wildman–Crippen MR) is 69.6 cm³/mol. The molecule has 1 amide bonds. The summed E-state index contributed by atoms with van der Waals surface area (Å²) in [7, 11) is 0. The molecule has 18 heavy (non-hydrogen) atoms. The largest absolute Gasteiger partial charge is 0.480 e. The van der Waals surface area contributed by atoms with Gasteiger partial charge in [0.2, 0.25) is 0 Å². The Kier molecular flexibility index (Phi) is 5.64. The number of ether oxygens (including phenoxy) is 1. The molecule has 2 N–H and O–H groups in total. The number of rotatable bonds is 5. The van der Waals surface area contributed by atoms with Crippen molar-refractivity contribution in [2.45, 2.75) is 24.4 Å². The van der Waals surface area contributed by atoms with E-state index in [2.05, 4.69) is 21.2 Å². The van der Waals surface area contributed by atoms with Crippen molar-refractivity contribution >= 4 is 28.0 Å². The van der Waals surface area contributed by atoms with Gasteiger partial charge in [0.25, 0.3) is 0 Å². The maximum atomic E-state index is 11.4. The summed E-state index contributed by atoms with van der Waals surface area (Å²) in [5.74, 6) is -1.11. The summed E-state index contributed by atoms with van der Waals surface area (Å²) in [6.07, 6.45) is -0.752. The Balaban J connectivity index is 2.44. The predicted octanol–water partition coefficient (Wildman–Crippen LogP) is 2.15. The molecule has 0 heterocycles. The van der Waals surface area contributed by atoms with E-state index in [4.69, 9.17) is 9.84 Å². The van der Waals surface area contributed by atoms with E-state index in [0.29, 0.717) is 0 Å². The number of nitrogens with one attached hydrogen (secondary N) is 1. The highest BCUT2D eigenvalue weighted by Gasteiger charge is 2.25. The first-order valence-corrected chi connectivity index (χ1v) is 6.26. The summed E-state index contributed by atoms with van der Waals surface area (Å²) in [5.41, 5.74) is 0.839. The third-order valence-electron chi connectivity index (χ3n) is 2.21. The van der Waals surface area contributed by atoms with Crippen LogP contribution in [0.3, 0.4) is 0 Å². The van der Waals surface area contributed by atoms with Crippen molar-refractivity contribution < 1.29 is 19.4 Å². The normalized spacial score (nSPS) is 13.4. The molecule has 5 nitrogen and oxygen atoms in total. The number of halogens is 1. The van der Waals surface area contributed by atoms with Crippen LogP contribution in [0.1, 0.15) is 12.5 Å². The average molecular weight is 316 g/mol. The Bertz CT molecular complexity index is 408. The molecule has 6 heteroatoms. The Morgan fingerprint density at radius 3 is 2.50 bits per heavy atom. The number of carbonyl (C=O) groups excluding carboxylic acids is 1. The molecule has 1 aromatic carbocycles. The van der Waals surface area contributed by atoms with E-state index in [1.165, 1.54) is 0 Å². The van der Waals surface area contributed by atoms with Gasteiger partial charge in [-0.05, 0) is 5.56 Å². The number of carboxylic acids is 1. The summed E-state index contributed by atoms with van der Waals surface area (Å²) >= 11 is 3.11. The van der Waals surface area contributed by atoms with E-state index in [9.17, 15) is 9.59 Å². The van der Waals surface area contributed by atoms with Crippen LogP contribution in [0.2, 0.25) is 0 Å². The Labute approximate surface area is 113 Å². The summed E-state index contributed by atoms with van der Waals surface area (Å²) in [6.45, 7) is 1.74. The van der Waals surface area contributed by atoms with Crippen molar-refractivity contribution in [2.24, 2.45) is 0 Å². The molecule has 1 aromatic rings. The van der Waals surface area contributed by atoms with Gasteiger partial charge in [0.1, 0.15) is 12.6 Å². The Morgan fingerprint density at radius 1 is 1.39 bits per heavy atom. The fourth-order valence-corrected chi connectivity index (χ4v) is 1.62. The molecule has 0 fully saturated rings. The zero-order valence-corrected chi connectivity index (χ0v) is 11.4. The van der Waals surface area contributed by atoms with Gasteiger partial charge < -0.3 is 15.2 Å². The molecule has 0 radical (unpaired) electrons. The zero-order chi connectivity index (χ0) is 13.5.